The van der Waals surface area contributed by atoms with Crippen molar-refractivity contribution in [2.24, 2.45) is 5.92 Å². The van der Waals surface area contributed by atoms with E-state index in [4.69, 9.17) is 0 Å². The van der Waals surface area contributed by atoms with Gasteiger partial charge in [-0.15, -0.1) is 0 Å². The van der Waals surface area contributed by atoms with E-state index in [1.807, 2.05) is 36.4 Å². The number of nitrogens with zero attached hydrogens (tertiary/aromatic N) is 2. The molecule has 1 N–H and O–H groups in total. The maximum Gasteiger partial charge on any atom is 0.108 e. The Morgan fingerprint density at radius 1 is 1.00 bits per heavy atom. The molecule has 1 aliphatic carbocycles. The van der Waals surface area contributed by atoms with Crippen LogP contribution in [0.4, 0.5) is 0 Å². The normalized spacial score (nSPS) is 25.8. The van der Waals surface area contributed by atoms with E-state index in [2.05, 4.69) is 35.2 Å². The lowest BCUT2D eigenvalue weighted by molar-refractivity contribution is -0.0501. The van der Waals surface area contributed by atoms with Crippen LogP contribution in [0.25, 0.3) is 0 Å². The lowest BCUT2D eigenvalue weighted by atomic mass is 9.72. The molecule has 2 bridgehead atoms. The van der Waals surface area contributed by atoms with E-state index in [0.29, 0.717) is 12.0 Å². The molecule has 26 heavy (non-hydrogen) atoms. The summed E-state index contributed by atoms with van der Waals surface area (Å²) < 4.78 is 0. The second kappa shape index (κ2) is 7.23. The van der Waals surface area contributed by atoms with Crippen molar-refractivity contribution in [2.45, 2.75) is 43.2 Å². The summed E-state index contributed by atoms with van der Waals surface area (Å²) in [5.41, 5.74) is 1.50. The van der Waals surface area contributed by atoms with Gasteiger partial charge >= 0.3 is 0 Å². The molecule has 3 nitrogen and oxygen atoms in total. The first-order valence-electron chi connectivity index (χ1n) is 9.67. The van der Waals surface area contributed by atoms with Crippen LogP contribution in [0.15, 0.2) is 60.7 Å². The van der Waals surface area contributed by atoms with Gasteiger partial charge in [0.15, 0.2) is 0 Å². The third-order valence-electron chi connectivity index (χ3n) is 6.41. The van der Waals surface area contributed by atoms with E-state index in [-0.39, 0.29) is 6.10 Å². The number of hydrogen-bond acceptors (Lipinski definition) is 3. The Morgan fingerprint density at radius 3 is 2.08 bits per heavy atom. The highest BCUT2D eigenvalue weighted by Crippen LogP contribution is 2.39. The predicted molar refractivity (Wildman–Crippen MR) is 103 cm³/mol. The molecule has 0 amide bonds. The Balaban J connectivity index is 1.61. The average molecular weight is 346 g/mol. The monoisotopic (exact) mass is 346 g/mol. The molecule has 0 aromatic heterocycles. The van der Waals surface area contributed by atoms with E-state index < -0.39 is 5.41 Å². The van der Waals surface area contributed by atoms with Gasteiger partial charge in [-0.3, -0.25) is 4.90 Å². The van der Waals surface area contributed by atoms with E-state index in [1.165, 1.54) is 6.42 Å². The molecule has 2 heterocycles. The summed E-state index contributed by atoms with van der Waals surface area (Å²) in [6, 6.07) is 23.5. The molecule has 2 aliphatic heterocycles. The first-order valence-corrected chi connectivity index (χ1v) is 9.67. The summed E-state index contributed by atoms with van der Waals surface area (Å²) >= 11 is 0. The number of aliphatic hydroxyl groups is 1. The Bertz CT molecular complexity index is 728. The Kier molecular flexibility index (Phi) is 4.80. The van der Waals surface area contributed by atoms with Crippen LogP contribution in [0.5, 0.6) is 0 Å². The lowest BCUT2D eigenvalue weighted by Gasteiger charge is -2.48. The zero-order chi connectivity index (χ0) is 18.0. The van der Waals surface area contributed by atoms with Gasteiger partial charge < -0.3 is 5.11 Å². The second-order valence-electron chi connectivity index (χ2n) is 7.79. The minimum Gasteiger partial charge on any atom is -0.393 e. The quantitative estimate of drug-likeness (QED) is 0.897. The third kappa shape index (κ3) is 3.05. The van der Waals surface area contributed by atoms with Gasteiger partial charge in [0.05, 0.1) is 12.2 Å². The van der Waals surface area contributed by atoms with Gasteiger partial charge in [-0.25, -0.2) is 0 Å². The number of nitriles is 1. The van der Waals surface area contributed by atoms with Crippen molar-refractivity contribution in [2.75, 3.05) is 13.1 Å². The molecule has 3 unspecified atom stereocenters. The SMILES string of the molecule is N#CC(CCN1CC2CCC1CC2O)(c1ccccc1)c1ccccc1. The van der Waals surface area contributed by atoms with Crippen molar-refractivity contribution in [3.63, 3.8) is 0 Å². The summed E-state index contributed by atoms with van der Waals surface area (Å²) in [5, 5.41) is 20.4. The molecular formula is C23H26N2O. The molecule has 2 saturated heterocycles. The van der Waals surface area contributed by atoms with Crippen molar-refractivity contribution in [3.8, 4) is 6.07 Å². The van der Waals surface area contributed by atoms with Crippen LogP contribution in [-0.2, 0) is 5.41 Å². The van der Waals surface area contributed by atoms with Crippen molar-refractivity contribution >= 4 is 0 Å². The fraction of sp³-hybridized carbons (Fsp3) is 0.435. The molecule has 0 radical (unpaired) electrons. The molecule has 134 valence electrons. The van der Waals surface area contributed by atoms with Crippen LogP contribution in [0.2, 0.25) is 0 Å². The minimum absolute atomic E-state index is 0.131. The van der Waals surface area contributed by atoms with Crippen molar-refractivity contribution in [3.05, 3.63) is 71.8 Å². The van der Waals surface area contributed by atoms with Crippen molar-refractivity contribution < 1.29 is 5.11 Å². The second-order valence-corrected chi connectivity index (χ2v) is 7.79. The van der Waals surface area contributed by atoms with Gasteiger partial charge in [0.25, 0.3) is 0 Å². The number of rotatable bonds is 5. The smallest absolute Gasteiger partial charge is 0.108 e. The maximum atomic E-state index is 10.3. The molecule has 1 saturated carbocycles. The Labute approximate surface area is 155 Å². The maximum absolute atomic E-state index is 10.3. The van der Waals surface area contributed by atoms with Crippen LogP contribution in [0, 0.1) is 17.2 Å². The lowest BCUT2D eigenvalue weighted by Crippen LogP contribution is -2.54. The van der Waals surface area contributed by atoms with Gasteiger partial charge in [0, 0.05) is 19.1 Å². The number of piperidine rings is 2. The van der Waals surface area contributed by atoms with Gasteiger partial charge in [-0.2, -0.15) is 5.26 Å². The first kappa shape index (κ1) is 17.3. The van der Waals surface area contributed by atoms with Crippen molar-refractivity contribution in [1.29, 1.82) is 5.26 Å². The number of benzene rings is 2. The summed E-state index contributed by atoms with van der Waals surface area (Å²) in [6.07, 6.45) is 3.85. The van der Waals surface area contributed by atoms with Crippen LogP contribution >= 0.6 is 0 Å². The summed E-state index contributed by atoms with van der Waals surface area (Å²) in [4.78, 5) is 2.51. The van der Waals surface area contributed by atoms with Crippen LogP contribution < -0.4 is 0 Å². The number of hydrogen-bond donors (Lipinski definition) is 1. The van der Waals surface area contributed by atoms with Crippen LogP contribution in [-0.4, -0.2) is 35.2 Å². The average Bonchev–Trinajstić information content (AvgIpc) is 2.71. The van der Waals surface area contributed by atoms with Crippen LogP contribution in [0.3, 0.4) is 0 Å². The molecule has 3 heteroatoms. The molecule has 3 atom stereocenters. The van der Waals surface area contributed by atoms with Gasteiger partial charge in [0.1, 0.15) is 5.41 Å². The highest BCUT2D eigenvalue weighted by atomic mass is 16.3. The Morgan fingerprint density at radius 2 is 1.62 bits per heavy atom. The fourth-order valence-electron chi connectivity index (χ4n) is 4.85. The summed E-state index contributed by atoms with van der Waals surface area (Å²) in [5.74, 6) is 0.407. The molecule has 3 fully saturated rings. The van der Waals surface area contributed by atoms with Crippen LogP contribution in [0.1, 0.15) is 36.8 Å². The zero-order valence-electron chi connectivity index (χ0n) is 15.1. The molecule has 3 aliphatic rings. The molecule has 0 spiro atoms. The number of fused-ring (bicyclic) bond motifs is 3. The largest absolute Gasteiger partial charge is 0.393 e. The summed E-state index contributed by atoms with van der Waals surface area (Å²) in [6.45, 7) is 1.86. The predicted octanol–water partition coefficient (Wildman–Crippen LogP) is 3.73. The number of aliphatic hydroxyl groups excluding tert-OH is 1. The highest BCUT2D eigenvalue weighted by molar-refractivity contribution is 5.45. The van der Waals surface area contributed by atoms with E-state index in [1.54, 1.807) is 0 Å². The molecule has 2 aromatic carbocycles. The first-order chi connectivity index (χ1) is 12.7. The van der Waals surface area contributed by atoms with E-state index in [0.717, 1.165) is 43.5 Å². The highest BCUT2D eigenvalue weighted by Gasteiger charge is 2.41. The van der Waals surface area contributed by atoms with Gasteiger partial charge in [-0.1, -0.05) is 60.7 Å². The Hall–Kier alpha value is -2.15. The molecular weight excluding hydrogens is 320 g/mol. The van der Waals surface area contributed by atoms with E-state index >= 15 is 0 Å². The van der Waals surface area contributed by atoms with Gasteiger partial charge in [0.2, 0.25) is 0 Å². The summed E-state index contributed by atoms with van der Waals surface area (Å²) in [7, 11) is 0. The van der Waals surface area contributed by atoms with E-state index in [9.17, 15) is 10.4 Å². The molecule has 2 aromatic rings. The third-order valence-corrected chi connectivity index (χ3v) is 6.41. The fourth-order valence-corrected chi connectivity index (χ4v) is 4.85. The van der Waals surface area contributed by atoms with Crippen molar-refractivity contribution in [1.82, 2.24) is 4.90 Å². The standard InChI is InChI=1S/C23H26N2O/c24-17-23(19-7-3-1-4-8-19,20-9-5-2-6-10-20)13-14-25-16-18-11-12-21(25)15-22(18)26/h1-10,18,21-22,26H,11-16H2. The topological polar surface area (TPSA) is 47.3 Å². The van der Waals surface area contributed by atoms with Gasteiger partial charge in [-0.05, 0) is 42.7 Å². The minimum atomic E-state index is -0.627. The molecule has 5 rings (SSSR count). The zero-order valence-corrected chi connectivity index (χ0v) is 15.1.